The molecule has 0 spiro atoms. The summed E-state index contributed by atoms with van der Waals surface area (Å²) in [5.74, 6) is 0.622. The zero-order chi connectivity index (χ0) is 21.3. The lowest BCUT2D eigenvalue weighted by atomic mass is 10.2. The Bertz CT molecular complexity index is 919. The van der Waals surface area contributed by atoms with E-state index >= 15 is 0 Å². The summed E-state index contributed by atoms with van der Waals surface area (Å²) in [4.78, 5) is 15.6. The molecule has 8 heteroatoms. The maximum Gasteiger partial charge on any atom is 0.387 e. The molecule has 5 nitrogen and oxygen atoms in total. The molecule has 3 aromatic rings. The lowest BCUT2D eigenvalue weighted by Gasteiger charge is -2.19. The highest BCUT2D eigenvalue weighted by atomic mass is 32.1. The number of benzene rings is 1. The fourth-order valence-electron chi connectivity index (χ4n) is 2.76. The van der Waals surface area contributed by atoms with Crippen LogP contribution in [0.4, 0.5) is 8.78 Å². The normalized spacial score (nSPS) is 11.2. The summed E-state index contributed by atoms with van der Waals surface area (Å²) in [6.45, 7) is -0.120. The number of alkyl halides is 2. The molecule has 0 unspecified atom stereocenters. The third kappa shape index (κ3) is 6.18. The van der Waals surface area contributed by atoms with E-state index in [4.69, 9.17) is 9.15 Å². The summed E-state index contributed by atoms with van der Waals surface area (Å²) in [6, 6.07) is 12.0. The zero-order valence-electron chi connectivity index (χ0n) is 16.3. The SMILES string of the molecule is CCOc1cc(/C=C/C(=O)N(Cc2ccco2)Cc2cccs2)ccc1OC(F)F. The van der Waals surface area contributed by atoms with Crippen molar-refractivity contribution in [1.82, 2.24) is 4.90 Å². The van der Waals surface area contributed by atoms with E-state index in [-0.39, 0.29) is 17.4 Å². The van der Waals surface area contributed by atoms with Gasteiger partial charge in [0, 0.05) is 11.0 Å². The van der Waals surface area contributed by atoms with Gasteiger partial charge in [-0.25, -0.2) is 0 Å². The van der Waals surface area contributed by atoms with Crippen molar-refractivity contribution in [3.63, 3.8) is 0 Å². The Morgan fingerprint density at radius 3 is 2.73 bits per heavy atom. The number of hydrogen-bond donors (Lipinski definition) is 0. The van der Waals surface area contributed by atoms with Crippen LogP contribution >= 0.6 is 11.3 Å². The third-order valence-electron chi connectivity index (χ3n) is 4.07. The van der Waals surface area contributed by atoms with Crippen LogP contribution in [0.3, 0.4) is 0 Å². The van der Waals surface area contributed by atoms with Gasteiger partial charge in [0.05, 0.1) is 26.0 Å². The predicted octanol–water partition coefficient (Wildman–Crippen LogP) is 5.58. The molecule has 30 heavy (non-hydrogen) atoms. The number of nitrogens with zero attached hydrogens (tertiary/aromatic N) is 1. The van der Waals surface area contributed by atoms with Gasteiger partial charge in [-0.15, -0.1) is 11.3 Å². The lowest BCUT2D eigenvalue weighted by molar-refractivity contribution is -0.127. The van der Waals surface area contributed by atoms with Crippen molar-refractivity contribution in [2.24, 2.45) is 0 Å². The zero-order valence-corrected chi connectivity index (χ0v) is 17.1. The van der Waals surface area contributed by atoms with Crippen molar-refractivity contribution in [3.8, 4) is 11.5 Å². The highest BCUT2D eigenvalue weighted by molar-refractivity contribution is 7.09. The van der Waals surface area contributed by atoms with Gasteiger partial charge in [0.25, 0.3) is 0 Å². The molecule has 0 fully saturated rings. The number of thiophene rings is 1. The van der Waals surface area contributed by atoms with Gasteiger partial charge in [-0.1, -0.05) is 12.1 Å². The van der Waals surface area contributed by atoms with Crippen LogP contribution in [0.2, 0.25) is 0 Å². The summed E-state index contributed by atoms with van der Waals surface area (Å²) in [6.07, 6.45) is 4.62. The largest absolute Gasteiger partial charge is 0.490 e. The molecule has 0 saturated heterocycles. The first kappa shape index (κ1) is 21.6. The molecule has 0 aliphatic rings. The Balaban J connectivity index is 1.75. The van der Waals surface area contributed by atoms with Crippen molar-refractivity contribution in [1.29, 1.82) is 0 Å². The van der Waals surface area contributed by atoms with Crippen LogP contribution in [0.5, 0.6) is 11.5 Å². The Kier molecular flexibility index (Phi) is 7.62. The van der Waals surface area contributed by atoms with E-state index in [0.29, 0.717) is 31.0 Å². The Labute approximate surface area is 177 Å². The van der Waals surface area contributed by atoms with Crippen molar-refractivity contribution in [3.05, 3.63) is 76.4 Å². The molecule has 0 N–H and O–H groups in total. The average molecular weight is 433 g/mol. The van der Waals surface area contributed by atoms with Gasteiger partial charge in [0.2, 0.25) is 5.91 Å². The van der Waals surface area contributed by atoms with Crippen LogP contribution in [0, 0.1) is 0 Å². The number of hydrogen-bond acceptors (Lipinski definition) is 5. The molecule has 0 radical (unpaired) electrons. The third-order valence-corrected chi connectivity index (χ3v) is 4.93. The van der Waals surface area contributed by atoms with Crippen molar-refractivity contribution >= 4 is 23.3 Å². The van der Waals surface area contributed by atoms with Crippen molar-refractivity contribution < 1.29 is 27.5 Å². The van der Waals surface area contributed by atoms with Gasteiger partial charge >= 0.3 is 6.61 Å². The number of amides is 1. The second-order valence-corrected chi connectivity index (χ2v) is 7.24. The van der Waals surface area contributed by atoms with E-state index in [1.165, 1.54) is 12.1 Å². The minimum absolute atomic E-state index is 0.0486. The number of ether oxygens (including phenoxy) is 2. The van der Waals surface area contributed by atoms with Gasteiger partial charge in [-0.2, -0.15) is 8.78 Å². The van der Waals surface area contributed by atoms with Gasteiger partial charge < -0.3 is 18.8 Å². The fraction of sp³-hybridized carbons (Fsp3) is 0.227. The molecule has 158 valence electrons. The first-order chi connectivity index (χ1) is 14.5. The van der Waals surface area contributed by atoms with Crippen LogP contribution in [0.1, 0.15) is 23.1 Å². The van der Waals surface area contributed by atoms with Crippen LogP contribution in [0.25, 0.3) is 6.08 Å². The number of carbonyl (C=O) groups is 1. The van der Waals surface area contributed by atoms with Crippen LogP contribution in [-0.2, 0) is 17.9 Å². The molecular weight excluding hydrogens is 412 g/mol. The fourth-order valence-corrected chi connectivity index (χ4v) is 3.48. The molecule has 2 aromatic heterocycles. The topological polar surface area (TPSA) is 51.9 Å². The second-order valence-electron chi connectivity index (χ2n) is 6.20. The minimum atomic E-state index is -2.94. The van der Waals surface area contributed by atoms with E-state index in [2.05, 4.69) is 4.74 Å². The molecule has 1 amide bonds. The van der Waals surface area contributed by atoms with E-state index in [0.717, 1.165) is 4.88 Å². The maximum absolute atomic E-state index is 12.8. The molecule has 0 atom stereocenters. The molecule has 0 aliphatic heterocycles. The number of furan rings is 1. The van der Waals surface area contributed by atoms with E-state index in [9.17, 15) is 13.6 Å². The van der Waals surface area contributed by atoms with E-state index in [1.54, 1.807) is 53.7 Å². The minimum Gasteiger partial charge on any atom is -0.490 e. The van der Waals surface area contributed by atoms with Crippen LogP contribution in [0.15, 0.2) is 64.6 Å². The molecular formula is C22H21F2NO4S. The highest BCUT2D eigenvalue weighted by Crippen LogP contribution is 2.30. The maximum atomic E-state index is 12.8. The molecule has 0 saturated carbocycles. The summed E-state index contributed by atoms with van der Waals surface area (Å²) in [5, 5.41) is 1.96. The van der Waals surface area contributed by atoms with Gasteiger partial charge in [-0.3, -0.25) is 4.79 Å². The van der Waals surface area contributed by atoms with Crippen LogP contribution < -0.4 is 9.47 Å². The first-order valence-corrected chi connectivity index (χ1v) is 10.2. The number of carbonyl (C=O) groups excluding carboxylic acids is 1. The van der Waals surface area contributed by atoms with Crippen molar-refractivity contribution in [2.75, 3.05) is 6.61 Å². The van der Waals surface area contributed by atoms with Gasteiger partial charge in [-0.05, 0) is 54.3 Å². The van der Waals surface area contributed by atoms with Gasteiger partial charge in [0.1, 0.15) is 5.76 Å². The van der Waals surface area contributed by atoms with Gasteiger partial charge in [0.15, 0.2) is 11.5 Å². The molecule has 1 aromatic carbocycles. The quantitative estimate of drug-likeness (QED) is 0.392. The van der Waals surface area contributed by atoms with Crippen molar-refractivity contribution in [2.45, 2.75) is 26.6 Å². The monoisotopic (exact) mass is 433 g/mol. The summed E-state index contributed by atoms with van der Waals surface area (Å²) in [5.41, 5.74) is 0.627. The summed E-state index contributed by atoms with van der Waals surface area (Å²) >= 11 is 1.57. The lowest BCUT2D eigenvalue weighted by Crippen LogP contribution is -2.27. The number of rotatable bonds is 10. The Morgan fingerprint density at radius 2 is 2.07 bits per heavy atom. The molecule has 2 heterocycles. The Morgan fingerprint density at radius 1 is 1.20 bits per heavy atom. The molecule has 3 rings (SSSR count). The summed E-state index contributed by atoms with van der Waals surface area (Å²) < 4.78 is 40.3. The number of halogens is 2. The van der Waals surface area contributed by atoms with Crippen LogP contribution in [-0.4, -0.2) is 24.0 Å². The summed E-state index contributed by atoms with van der Waals surface area (Å²) in [7, 11) is 0. The smallest absolute Gasteiger partial charge is 0.387 e. The van der Waals surface area contributed by atoms with E-state index in [1.807, 2.05) is 23.6 Å². The Hall–Kier alpha value is -3.13. The molecule has 0 bridgehead atoms. The highest BCUT2D eigenvalue weighted by Gasteiger charge is 2.15. The second kappa shape index (κ2) is 10.6. The first-order valence-electron chi connectivity index (χ1n) is 9.28. The predicted molar refractivity (Wildman–Crippen MR) is 111 cm³/mol. The molecule has 0 aliphatic carbocycles. The average Bonchev–Trinajstić information content (AvgIpc) is 3.41. The van der Waals surface area contributed by atoms with E-state index < -0.39 is 6.61 Å². The standard InChI is InChI=1S/C22H21F2NO4S/c1-2-27-20-13-16(7-9-19(20)29-22(23)24)8-10-21(26)25(14-17-5-3-11-28-17)15-18-6-4-12-30-18/h3-13,22H,2,14-15H2,1H3/b10-8+.